The molecule has 3 rings (SSSR count). The maximum absolute atomic E-state index is 5.26. The van der Waals surface area contributed by atoms with Crippen LogP contribution >= 0.6 is 11.3 Å². The molecule has 2 aromatic rings. The molecular formula is C15H18N4OS. The summed E-state index contributed by atoms with van der Waals surface area (Å²) >= 11 is 1.54. The van der Waals surface area contributed by atoms with Crippen LogP contribution in [0.2, 0.25) is 0 Å². The number of nitrogens with one attached hydrogen (secondary N) is 1. The molecule has 0 bridgehead atoms. The van der Waals surface area contributed by atoms with Crippen molar-refractivity contribution in [3.05, 3.63) is 35.8 Å². The Hall–Kier alpha value is -2.08. The zero-order valence-electron chi connectivity index (χ0n) is 12.0. The fourth-order valence-electron chi connectivity index (χ4n) is 2.30. The third-order valence-corrected chi connectivity index (χ3v) is 4.02. The van der Waals surface area contributed by atoms with Gasteiger partial charge in [0.2, 0.25) is 11.1 Å². The normalized spacial score (nSPS) is 15.3. The first-order valence-electron chi connectivity index (χ1n) is 6.99. The molecule has 0 atom stereocenters. The summed E-state index contributed by atoms with van der Waals surface area (Å²) in [4.78, 5) is 11.2. The molecule has 21 heavy (non-hydrogen) atoms. The second-order valence-corrected chi connectivity index (χ2v) is 5.67. The van der Waals surface area contributed by atoms with E-state index in [1.807, 2.05) is 29.6 Å². The fourth-order valence-corrected chi connectivity index (χ4v) is 2.80. The van der Waals surface area contributed by atoms with Crippen LogP contribution in [0.5, 0.6) is 5.75 Å². The van der Waals surface area contributed by atoms with E-state index < -0.39 is 0 Å². The molecule has 110 valence electrons. The lowest BCUT2D eigenvalue weighted by Gasteiger charge is -2.21. The average Bonchev–Trinajstić information content (AvgIpc) is 3.20. The van der Waals surface area contributed by atoms with Gasteiger partial charge in [0.25, 0.3) is 0 Å². The number of aliphatic imine (C=N–C) groups is 1. The van der Waals surface area contributed by atoms with Crippen LogP contribution < -0.4 is 10.1 Å². The molecule has 6 heteroatoms. The summed E-state index contributed by atoms with van der Waals surface area (Å²) in [5.41, 5.74) is 0.969. The molecule has 2 heterocycles. The summed E-state index contributed by atoms with van der Waals surface area (Å²) in [5, 5.41) is 6.10. The lowest BCUT2D eigenvalue weighted by molar-refractivity contribution is 0.415. The number of hydrogen-bond donors (Lipinski definition) is 1. The summed E-state index contributed by atoms with van der Waals surface area (Å²) < 4.78 is 5.26. The van der Waals surface area contributed by atoms with Crippen LogP contribution in [0.1, 0.15) is 12.8 Å². The minimum absolute atomic E-state index is 0.771. The molecule has 0 amide bonds. The molecule has 1 saturated heterocycles. The van der Waals surface area contributed by atoms with Gasteiger partial charge in [-0.05, 0) is 25.0 Å². The zero-order chi connectivity index (χ0) is 14.5. The smallest absolute Gasteiger partial charge is 0.212 e. The van der Waals surface area contributed by atoms with Gasteiger partial charge < -0.3 is 15.0 Å². The van der Waals surface area contributed by atoms with Crippen LogP contribution in [0.3, 0.4) is 0 Å². The van der Waals surface area contributed by atoms with Crippen molar-refractivity contribution in [1.82, 2.24) is 9.88 Å². The average molecular weight is 302 g/mol. The Morgan fingerprint density at radius 2 is 2.24 bits per heavy atom. The van der Waals surface area contributed by atoms with E-state index in [2.05, 4.69) is 20.2 Å². The van der Waals surface area contributed by atoms with Gasteiger partial charge in [0, 0.05) is 36.4 Å². The molecule has 1 fully saturated rings. The minimum Gasteiger partial charge on any atom is -0.497 e. The van der Waals surface area contributed by atoms with Crippen LogP contribution in [0.15, 0.2) is 40.8 Å². The number of thiazole rings is 1. The largest absolute Gasteiger partial charge is 0.497 e. The Morgan fingerprint density at radius 1 is 1.38 bits per heavy atom. The summed E-state index contributed by atoms with van der Waals surface area (Å²) in [5.74, 6) is 1.69. The van der Waals surface area contributed by atoms with Gasteiger partial charge in [0.1, 0.15) is 5.75 Å². The van der Waals surface area contributed by atoms with Crippen molar-refractivity contribution in [3.8, 4) is 5.75 Å². The number of ether oxygens (including phenoxy) is 1. The van der Waals surface area contributed by atoms with Gasteiger partial charge in [-0.1, -0.05) is 6.07 Å². The van der Waals surface area contributed by atoms with Crippen LogP contribution in [0.25, 0.3) is 0 Å². The number of likely N-dealkylation sites (tertiary alicyclic amines) is 1. The first-order chi connectivity index (χ1) is 10.3. The standard InChI is InChI=1S/C15H18N4OS/c1-20-13-6-4-5-12(11-13)17-14(19-8-2-3-9-19)18-15-16-7-10-21-15/h4-7,10-11H,2-3,8-9H2,1H3,(H,16,17,18). The van der Waals surface area contributed by atoms with E-state index in [0.717, 1.165) is 35.6 Å². The number of aromatic nitrogens is 1. The number of hydrogen-bond acceptors (Lipinski definition) is 4. The number of benzene rings is 1. The van der Waals surface area contributed by atoms with E-state index in [-0.39, 0.29) is 0 Å². The number of anilines is 1. The highest BCUT2D eigenvalue weighted by molar-refractivity contribution is 7.13. The van der Waals surface area contributed by atoms with Crippen molar-refractivity contribution >= 4 is 28.1 Å². The van der Waals surface area contributed by atoms with E-state index in [4.69, 9.17) is 4.74 Å². The third-order valence-electron chi connectivity index (χ3n) is 3.35. The molecule has 1 aliphatic rings. The van der Waals surface area contributed by atoms with E-state index in [9.17, 15) is 0 Å². The maximum atomic E-state index is 5.26. The van der Waals surface area contributed by atoms with Crippen LogP contribution in [0, 0.1) is 0 Å². The van der Waals surface area contributed by atoms with Crippen molar-refractivity contribution in [3.63, 3.8) is 0 Å². The Morgan fingerprint density at radius 3 is 2.95 bits per heavy atom. The van der Waals surface area contributed by atoms with E-state index in [0.29, 0.717) is 0 Å². The van der Waals surface area contributed by atoms with E-state index in [1.54, 1.807) is 13.3 Å². The highest BCUT2D eigenvalue weighted by Crippen LogP contribution is 2.21. The van der Waals surface area contributed by atoms with Crippen LogP contribution in [-0.4, -0.2) is 36.0 Å². The SMILES string of the molecule is COc1cccc(NC(=Nc2nccs2)N2CCCC2)c1. The molecule has 0 radical (unpaired) electrons. The predicted molar refractivity (Wildman–Crippen MR) is 86.6 cm³/mol. The van der Waals surface area contributed by atoms with Crippen molar-refractivity contribution in [1.29, 1.82) is 0 Å². The van der Waals surface area contributed by atoms with Gasteiger partial charge in [-0.15, -0.1) is 11.3 Å². The van der Waals surface area contributed by atoms with Gasteiger partial charge in [-0.25, -0.2) is 4.98 Å². The second-order valence-electron chi connectivity index (χ2n) is 4.80. The van der Waals surface area contributed by atoms with Gasteiger partial charge in [-0.2, -0.15) is 4.99 Å². The Labute approximate surface area is 128 Å². The number of rotatable bonds is 3. The first kappa shape index (κ1) is 13.9. The van der Waals surface area contributed by atoms with E-state index in [1.165, 1.54) is 24.2 Å². The molecule has 5 nitrogen and oxygen atoms in total. The highest BCUT2D eigenvalue weighted by Gasteiger charge is 2.17. The Kier molecular flexibility index (Phi) is 4.35. The molecule has 0 saturated carbocycles. The Balaban J connectivity index is 1.84. The molecule has 1 aromatic heterocycles. The monoisotopic (exact) mass is 302 g/mol. The van der Waals surface area contributed by atoms with Crippen molar-refractivity contribution < 1.29 is 4.74 Å². The quantitative estimate of drug-likeness (QED) is 0.698. The zero-order valence-corrected chi connectivity index (χ0v) is 12.8. The third kappa shape index (κ3) is 3.52. The maximum Gasteiger partial charge on any atom is 0.212 e. The molecule has 0 aliphatic carbocycles. The first-order valence-corrected chi connectivity index (χ1v) is 7.87. The van der Waals surface area contributed by atoms with Crippen LogP contribution in [-0.2, 0) is 0 Å². The van der Waals surface area contributed by atoms with Crippen molar-refractivity contribution in [2.24, 2.45) is 4.99 Å². The number of methoxy groups -OCH3 is 1. The van der Waals surface area contributed by atoms with Crippen LogP contribution in [0.4, 0.5) is 10.8 Å². The van der Waals surface area contributed by atoms with Gasteiger partial charge >= 0.3 is 0 Å². The second kappa shape index (κ2) is 6.58. The summed E-state index contributed by atoms with van der Waals surface area (Å²) in [6.07, 6.45) is 4.18. The molecule has 1 aliphatic heterocycles. The highest BCUT2D eigenvalue weighted by atomic mass is 32.1. The lowest BCUT2D eigenvalue weighted by atomic mass is 10.3. The summed E-state index contributed by atoms with van der Waals surface area (Å²) in [6.45, 7) is 2.06. The molecule has 0 spiro atoms. The number of guanidine groups is 1. The van der Waals surface area contributed by atoms with Gasteiger partial charge in [0.15, 0.2) is 0 Å². The van der Waals surface area contributed by atoms with Gasteiger partial charge in [-0.3, -0.25) is 0 Å². The molecular weight excluding hydrogens is 284 g/mol. The molecule has 0 unspecified atom stereocenters. The predicted octanol–water partition coefficient (Wildman–Crippen LogP) is 3.35. The number of nitrogens with zero attached hydrogens (tertiary/aromatic N) is 3. The molecule has 1 N–H and O–H groups in total. The van der Waals surface area contributed by atoms with Crippen molar-refractivity contribution in [2.75, 3.05) is 25.5 Å². The lowest BCUT2D eigenvalue weighted by Crippen LogP contribution is -2.33. The fraction of sp³-hybridized carbons (Fsp3) is 0.333. The summed E-state index contributed by atoms with van der Waals surface area (Å²) in [7, 11) is 1.67. The topological polar surface area (TPSA) is 49.8 Å². The Bertz CT molecular complexity index is 606. The van der Waals surface area contributed by atoms with E-state index >= 15 is 0 Å². The van der Waals surface area contributed by atoms with Crippen molar-refractivity contribution in [2.45, 2.75) is 12.8 Å². The van der Waals surface area contributed by atoms with Gasteiger partial charge in [0.05, 0.1) is 7.11 Å². The molecule has 1 aromatic carbocycles. The minimum atomic E-state index is 0.771. The summed E-state index contributed by atoms with van der Waals surface area (Å²) in [6, 6.07) is 7.87.